The third-order valence-corrected chi connectivity index (χ3v) is 5.50. The Labute approximate surface area is 175 Å². The number of hydrogen-bond acceptors (Lipinski definition) is 3. The van der Waals surface area contributed by atoms with Crippen molar-refractivity contribution in [1.82, 2.24) is 19.6 Å². The maximum atomic E-state index is 12.7. The molecule has 0 aliphatic carbocycles. The molecule has 0 fully saturated rings. The predicted molar refractivity (Wildman–Crippen MR) is 111 cm³/mol. The SMILES string of the molecule is CCn1nc(C)c(C(=O)Nc2nn(Cc3ccc(Cl)c(Cl)c3)cc2Br)c1C. The molecule has 3 rings (SSSR count). The van der Waals surface area contributed by atoms with E-state index < -0.39 is 0 Å². The molecule has 1 amide bonds. The molecular formula is C18H18BrCl2N5O. The number of carbonyl (C=O) groups excluding carboxylic acids is 1. The van der Waals surface area contributed by atoms with Gasteiger partial charge in [0, 0.05) is 18.4 Å². The van der Waals surface area contributed by atoms with Crippen LogP contribution in [0.3, 0.4) is 0 Å². The van der Waals surface area contributed by atoms with Crippen LogP contribution in [-0.2, 0) is 13.1 Å². The lowest BCUT2D eigenvalue weighted by atomic mass is 10.2. The van der Waals surface area contributed by atoms with Crippen molar-refractivity contribution in [3.63, 3.8) is 0 Å². The lowest BCUT2D eigenvalue weighted by molar-refractivity contribution is 0.102. The molecule has 2 heterocycles. The Morgan fingerprint density at radius 3 is 2.59 bits per heavy atom. The van der Waals surface area contributed by atoms with Crippen LogP contribution in [0.1, 0.15) is 34.2 Å². The quantitative estimate of drug-likeness (QED) is 0.565. The Balaban J connectivity index is 1.79. The third kappa shape index (κ3) is 4.20. The van der Waals surface area contributed by atoms with Crippen LogP contribution >= 0.6 is 39.1 Å². The fourth-order valence-electron chi connectivity index (χ4n) is 2.89. The van der Waals surface area contributed by atoms with Crippen molar-refractivity contribution in [2.75, 3.05) is 5.32 Å². The average Bonchev–Trinajstić information content (AvgIpc) is 3.09. The Morgan fingerprint density at radius 1 is 1.22 bits per heavy atom. The summed E-state index contributed by atoms with van der Waals surface area (Å²) in [6, 6.07) is 5.43. The standard InChI is InChI=1S/C18H18BrCl2N5O/c1-4-26-11(3)16(10(2)23-26)18(27)22-17-13(19)9-25(24-17)8-12-5-6-14(20)15(21)7-12/h5-7,9H,4,8H2,1-3H3,(H,22,24,27). The minimum atomic E-state index is -0.231. The molecule has 0 radical (unpaired) electrons. The van der Waals surface area contributed by atoms with Gasteiger partial charge in [0.25, 0.3) is 5.91 Å². The van der Waals surface area contributed by atoms with Gasteiger partial charge in [0.1, 0.15) is 0 Å². The first kappa shape index (κ1) is 19.9. The summed E-state index contributed by atoms with van der Waals surface area (Å²) >= 11 is 15.5. The predicted octanol–water partition coefficient (Wildman–Crippen LogP) is 5.09. The molecule has 0 bridgehead atoms. The summed E-state index contributed by atoms with van der Waals surface area (Å²) in [5.41, 5.74) is 3.05. The first-order valence-electron chi connectivity index (χ1n) is 8.32. The molecule has 0 aliphatic rings. The number of aryl methyl sites for hydroxylation is 2. The number of nitrogens with zero attached hydrogens (tertiary/aromatic N) is 4. The fourth-order valence-corrected chi connectivity index (χ4v) is 3.63. The summed E-state index contributed by atoms with van der Waals surface area (Å²) < 4.78 is 4.21. The van der Waals surface area contributed by atoms with Gasteiger partial charge in [-0.25, -0.2) is 0 Å². The summed E-state index contributed by atoms with van der Waals surface area (Å²) in [6.45, 7) is 6.91. The maximum absolute atomic E-state index is 12.7. The van der Waals surface area contributed by atoms with Gasteiger partial charge in [-0.2, -0.15) is 10.2 Å². The lowest BCUT2D eigenvalue weighted by Gasteiger charge is -2.05. The molecule has 1 N–H and O–H groups in total. The van der Waals surface area contributed by atoms with E-state index in [-0.39, 0.29) is 5.91 Å². The van der Waals surface area contributed by atoms with E-state index in [0.29, 0.717) is 44.7 Å². The monoisotopic (exact) mass is 469 g/mol. The Morgan fingerprint density at radius 2 is 1.96 bits per heavy atom. The summed E-state index contributed by atoms with van der Waals surface area (Å²) in [5.74, 6) is 0.216. The second-order valence-corrected chi connectivity index (χ2v) is 7.76. The first-order valence-corrected chi connectivity index (χ1v) is 9.87. The van der Waals surface area contributed by atoms with E-state index in [1.54, 1.807) is 23.0 Å². The van der Waals surface area contributed by atoms with Gasteiger partial charge >= 0.3 is 0 Å². The second kappa shape index (κ2) is 8.04. The lowest BCUT2D eigenvalue weighted by Crippen LogP contribution is -2.15. The number of aromatic nitrogens is 4. The van der Waals surface area contributed by atoms with Crippen molar-refractivity contribution in [2.24, 2.45) is 0 Å². The highest BCUT2D eigenvalue weighted by Crippen LogP contribution is 2.25. The number of halogens is 3. The van der Waals surface area contributed by atoms with Gasteiger partial charge in [-0.1, -0.05) is 29.3 Å². The summed E-state index contributed by atoms with van der Waals surface area (Å²) in [4.78, 5) is 12.7. The van der Waals surface area contributed by atoms with Gasteiger partial charge in [-0.3, -0.25) is 14.2 Å². The highest BCUT2D eigenvalue weighted by molar-refractivity contribution is 9.10. The number of nitrogens with one attached hydrogen (secondary N) is 1. The highest BCUT2D eigenvalue weighted by Gasteiger charge is 2.20. The topological polar surface area (TPSA) is 64.7 Å². The second-order valence-electron chi connectivity index (χ2n) is 6.09. The molecule has 27 heavy (non-hydrogen) atoms. The number of carbonyl (C=O) groups is 1. The first-order chi connectivity index (χ1) is 12.8. The maximum Gasteiger partial charge on any atom is 0.260 e. The van der Waals surface area contributed by atoms with Gasteiger partial charge in [-0.05, 0) is 54.4 Å². The van der Waals surface area contributed by atoms with Crippen molar-refractivity contribution in [2.45, 2.75) is 33.9 Å². The van der Waals surface area contributed by atoms with E-state index in [0.717, 1.165) is 11.3 Å². The fraction of sp³-hybridized carbons (Fsp3) is 0.278. The van der Waals surface area contributed by atoms with E-state index in [4.69, 9.17) is 23.2 Å². The van der Waals surface area contributed by atoms with Gasteiger partial charge < -0.3 is 5.32 Å². The molecule has 6 nitrogen and oxygen atoms in total. The van der Waals surface area contributed by atoms with Crippen LogP contribution in [0.2, 0.25) is 10.0 Å². The molecule has 0 spiro atoms. The van der Waals surface area contributed by atoms with E-state index in [9.17, 15) is 4.79 Å². The van der Waals surface area contributed by atoms with Crippen LogP contribution in [-0.4, -0.2) is 25.5 Å². The summed E-state index contributed by atoms with van der Waals surface area (Å²) in [5, 5.41) is 12.7. The molecule has 1 aromatic carbocycles. The summed E-state index contributed by atoms with van der Waals surface area (Å²) in [6.07, 6.45) is 1.80. The van der Waals surface area contributed by atoms with Crippen molar-refractivity contribution < 1.29 is 4.79 Å². The highest BCUT2D eigenvalue weighted by atomic mass is 79.9. The summed E-state index contributed by atoms with van der Waals surface area (Å²) in [7, 11) is 0. The Bertz CT molecular complexity index is 1010. The molecule has 0 saturated heterocycles. The van der Waals surface area contributed by atoms with Crippen LogP contribution in [0.4, 0.5) is 5.82 Å². The third-order valence-electron chi connectivity index (χ3n) is 4.19. The molecule has 3 aromatic rings. The Hall–Kier alpha value is -1.83. The molecule has 0 saturated carbocycles. The number of anilines is 1. The average molecular weight is 471 g/mol. The van der Waals surface area contributed by atoms with Crippen LogP contribution in [0.25, 0.3) is 0 Å². The number of amides is 1. The van der Waals surface area contributed by atoms with Crippen molar-refractivity contribution in [1.29, 1.82) is 0 Å². The normalized spacial score (nSPS) is 11.0. The zero-order chi connectivity index (χ0) is 19.7. The zero-order valence-electron chi connectivity index (χ0n) is 15.1. The molecular weight excluding hydrogens is 453 g/mol. The number of benzene rings is 1. The van der Waals surface area contributed by atoms with Gasteiger partial charge in [0.15, 0.2) is 5.82 Å². The minimum absolute atomic E-state index is 0.231. The van der Waals surface area contributed by atoms with Crippen LogP contribution in [0, 0.1) is 13.8 Å². The van der Waals surface area contributed by atoms with Crippen LogP contribution in [0.15, 0.2) is 28.9 Å². The molecule has 0 aliphatic heterocycles. The van der Waals surface area contributed by atoms with Gasteiger partial charge in [-0.15, -0.1) is 0 Å². The van der Waals surface area contributed by atoms with Crippen molar-refractivity contribution >= 4 is 50.9 Å². The van der Waals surface area contributed by atoms with E-state index >= 15 is 0 Å². The molecule has 2 aromatic heterocycles. The van der Waals surface area contributed by atoms with E-state index in [2.05, 4.69) is 31.4 Å². The smallest absolute Gasteiger partial charge is 0.260 e. The van der Waals surface area contributed by atoms with Crippen molar-refractivity contribution in [3.05, 3.63) is 61.4 Å². The number of hydrogen-bond donors (Lipinski definition) is 1. The van der Waals surface area contributed by atoms with Gasteiger partial charge in [0.2, 0.25) is 0 Å². The van der Waals surface area contributed by atoms with Crippen LogP contribution < -0.4 is 5.32 Å². The van der Waals surface area contributed by atoms with E-state index in [1.807, 2.05) is 31.5 Å². The molecule has 0 unspecified atom stereocenters. The number of rotatable bonds is 5. The Kier molecular flexibility index (Phi) is 5.93. The van der Waals surface area contributed by atoms with Crippen LogP contribution in [0.5, 0.6) is 0 Å². The van der Waals surface area contributed by atoms with Gasteiger partial charge in [0.05, 0.1) is 32.3 Å². The molecule has 0 atom stereocenters. The van der Waals surface area contributed by atoms with E-state index in [1.165, 1.54) is 0 Å². The minimum Gasteiger partial charge on any atom is -0.304 e. The zero-order valence-corrected chi connectivity index (χ0v) is 18.2. The van der Waals surface area contributed by atoms with Crippen molar-refractivity contribution in [3.8, 4) is 0 Å². The molecule has 9 heteroatoms. The molecule has 142 valence electrons. The largest absolute Gasteiger partial charge is 0.304 e.